The molecule has 0 saturated carbocycles. The Morgan fingerprint density at radius 1 is 1.10 bits per heavy atom. The summed E-state index contributed by atoms with van der Waals surface area (Å²) >= 11 is 0. The van der Waals surface area contributed by atoms with Crippen LogP contribution in [0.4, 0.5) is 0 Å². The Labute approximate surface area is 122 Å². The first kappa shape index (κ1) is 13.3. The van der Waals surface area contributed by atoms with Crippen LogP contribution in [0.15, 0.2) is 34.7 Å². The van der Waals surface area contributed by atoms with Crippen LogP contribution in [0.2, 0.25) is 0 Å². The molecule has 3 rings (SSSR count). The molecule has 0 fully saturated rings. The van der Waals surface area contributed by atoms with Crippen molar-refractivity contribution in [2.24, 2.45) is 7.05 Å². The first-order valence-corrected chi connectivity index (χ1v) is 6.63. The van der Waals surface area contributed by atoms with Gasteiger partial charge in [0.15, 0.2) is 6.29 Å². The maximum Gasteiger partial charge on any atom is 0.264 e. The summed E-state index contributed by atoms with van der Waals surface area (Å²) in [6.07, 6.45) is 0.864. The van der Waals surface area contributed by atoms with Gasteiger partial charge in [0, 0.05) is 23.9 Å². The van der Waals surface area contributed by atoms with Crippen LogP contribution < -0.4 is 0 Å². The zero-order valence-corrected chi connectivity index (χ0v) is 12.1. The Bertz CT molecular complexity index is 801. The van der Waals surface area contributed by atoms with E-state index in [0.717, 1.165) is 28.8 Å². The lowest BCUT2D eigenvalue weighted by Gasteiger charge is -2.01. The van der Waals surface area contributed by atoms with E-state index in [2.05, 4.69) is 10.2 Å². The Balaban J connectivity index is 2.11. The Kier molecular flexibility index (Phi) is 3.17. The van der Waals surface area contributed by atoms with Gasteiger partial charge in [0.2, 0.25) is 5.89 Å². The largest absolute Gasteiger partial charge is 0.415 e. The number of benzene rings is 1. The molecule has 0 spiro atoms. The highest BCUT2D eigenvalue weighted by Crippen LogP contribution is 2.30. The highest BCUT2D eigenvalue weighted by molar-refractivity contribution is 5.83. The first-order valence-electron chi connectivity index (χ1n) is 6.63. The quantitative estimate of drug-likeness (QED) is 0.692. The second-order valence-corrected chi connectivity index (χ2v) is 4.93. The standard InChI is InChI=1S/C16H15N3O2/c1-10-13(9-20)11(2)19(3)14(10)16-18-17-15(21-16)12-7-5-4-6-8-12/h4-9H,1-3H3. The normalized spacial score (nSPS) is 10.8. The van der Waals surface area contributed by atoms with Crippen LogP contribution in [0, 0.1) is 13.8 Å². The Morgan fingerprint density at radius 2 is 1.76 bits per heavy atom. The smallest absolute Gasteiger partial charge is 0.264 e. The van der Waals surface area contributed by atoms with Crippen LogP contribution in [0.25, 0.3) is 23.0 Å². The van der Waals surface area contributed by atoms with Gasteiger partial charge in [0.1, 0.15) is 5.69 Å². The van der Waals surface area contributed by atoms with Crippen molar-refractivity contribution in [1.82, 2.24) is 14.8 Å². The number of rotatable bonds is 3. The predicted molar refractivity (Wildman–Crippen MR) is 79.0 cm³/mol. The summed E-state index contributed by atoms with van der Waals surface area (Å²) in [5.74, 6) is 0.890. The lowest BCUT2D eigenvalue weighted by Crippen LogP contribution is -1.95. The number of hydrogen-bond donors (Lipinski definition) is 0. The van der Waals surface area contributed by atoms with Crippen LogP contribution in [0.1, 0.15) is 21.6 Å². The van der Waals surface area contributed by atoms with E-state index in [1.54, 1.807) is 0 Å². The second kappa shape index (κ2) is 5.01. The average molecular weight is 281 g/mol. The van der Waals surface area contributed by atoms with Gasteiger partial charge in [-0.2, -0.15) is 0 Å². The van der Waals surface area contributed by atoms with Gasteiger partial charge in [-0.15, -0.1) is 10.2 Å². The highest BCUT2D eigenvalue weighted by Gasteiger charge is 2.21. The van der Waals surface area contributed by atoms with E-state index in [-0.39, 0.29) is 0 Å². The molecule has 3 aromatic rings. The number of carbonyl (C=O) groups excluding carboxylic acids is 1. The fourth-order valence-corrected chi connectivity index (χ4v) is 2.49. The van der Waals surface area contributed by atoms with Crippen molar-refractivity contribution in [1.29, 1.82) is 0 Å². The molecule has 0 aliphatic heterocycles. The molecule has 0 unspecified atom stereocenters. The van der Waals surface area contributed by atoms with E-state index in [9.17, 15) is 4.79 Å². The maximum atomic E-state index is 11.2. The summed E-state index contributed by atoms with van der Waals surface area (Å²) in [7, 11) is 1.89. The van der Waals surface area contributed by atoms with E-state index < -0.39 is 0 Å². The molecule has 0 atom stereocenters. The Morgan fingerprint density at radius 3 is 2.38 bits per heavy atom. The molecule has 1 aromatic carbocycles. The number of nitrogens with zero attached hydrogens (tertiary/aromatic N) is 3. The third-order valence-electron chi connectivity index (χ3n) is 3.75. The van der Waals surface area contributed by atoms with Gasteiger partial charge >= 0.3 is 0 Å². The summed E-state index contributed by atoms with van der Waals surface area (Å²) in [6, 6.07) is 9.60. The maximum absolute atomic E-state index is 11.2. The molecule has 0 amide bonds. The van der Waals surface area contributed by atoms with E-state index in [1.165, 1.54) is 0 Å². The molecular formula is C16H15N3O2. The van der Waals surface area contributed by atoms with Crippen molar-refractivity contribution in [2.75, 3.05) is 0 Å². The molecule has 0 radical (unpaired) electrons. The fourth-order valence-electron chi connectivity index (χ4n) is 2.49. The van der Waals surface area contributed by atoms with Crippen LogP contribution in [-0.2, 0) is 7.05 Å². The van der Waals surface area contributed by atoms with Crippen molar-refractivity contribution < 1.29 is 9.21 Å². The molecule has 0 N–H and O–H groups in total. The van der Waals surface area contributed by atoms with Gasteiger partial charge in [-0.05, 0) is 31.5 Å². The van der Waals surface area contributed by atoms with Crippen LogP contribution in [0.3, 0.4) is 0 Å². The van der Waals surface area contributed by atoms with Crippen LogP contribution in [-0.4, -0.2) is 21.1 Å². The average Bonchev–Trinajstić information content (AvgIpc) is 3.05. The summed E-state index contributed by atoms with van der Waals surface area (Å²) in [6.45, 7) is 3.78. The fraction of sp³-hybridized carbons (Fsp3) is 0.188. The minimum absolute atomic E-state index is 0.421. The van der Waals surface area contributed by atoms with Crippen LogP contribution in [0.5, 0.6) is 0 Å². The highest BCUT2D eigenvalue weighted by atomic mass is 16.4. The second-order valence-electron chi connectivity index (χ2n) is 4.93. The lowest BCUT2D eigenvalue weighted by molar-refractivity contribution is 0.112. The zero-order valence-electron chi connectivity index (χ0n) is 12.1. The molecule has 5 nitrogen and oxygen atoms in total. The first-order chi connectivity index (χ1) is 10.1. The third-order valence-corrected chi connectivity index (χ3v) is 3.75. The molecule has 2 heterocycles. The van der Waals surface area contributed by atoms with E-state index >= 15 is 0 Å². The molecule has 0 bridgehead atoms. The van der Waals surface area contributed by atoms with Crippen molar-refractivity contribution in [3.63, 3.8) is 0 Å². The van der Waals surface area contributed by atoms with Gasteiger partial charge in [0.05, 0.1) is 0 Å². The summed E-state index contributed by atoms with van der Waals surface area (Å²) < 4.78 is 7.68. The van der Waals surface area contributed by atoms with Crippen molar-refractivity contribution in [3.8, 4) is 23.0 Å². The molecule has 0 saturated heterocycles. The van der Waals surface area contributed by atoms with E-state index in [0.29, 0.717) is 17.3 Å². The van der Waals surface area contributed by atoms with Gasteiger partial charge < -0.3 is 8.98 Å². The third kappa shape index (κ3) is 2.07. The van der Waals surface area contributed by atoms with Crippen molar-refractivity contribution in [2.45, 2.75) is 13.8 Å². The summed E-state index contributed by atoms with van der Waals surface area (Å²) in [5, 5.41) is 8.21. The topological polar surface area (TPSA) is 60.9 Å². The minimum Gasteiger partial charge on any atom is -0.415 e. The number of aldehydes is 1. The van der Waals surface area contributed by atoms with Gasteiger partial charge in [-0.1, -0.05) is 18.2 Å². The predicted octanol–water partition coefficient (Wildman–Crippen LogP) is 3.17. The molecule has 106 valence electrons. The van der Waals surface area contributed by atoms with Gasteiger partial charge in [-0.3, -0.25) is 4.79 Å². The number of hydrogen-bond acceptors (Lipinski definition) is 4. The van der Waals surface area contributed by atoms with Crippen molar-refractivity contribution in [3.05, 3.63) is 47.2 Å². The van der Waals surface area contributed by atoms with Crippen molar-refractivity contribution >= 4 is 6.29 Å². The minimum atomic E-state index is 0.421. The molecule has 0 aliphatic carbocycles. The summed E-state index contributed by atoms with van der Waals surface area (Å²) in [5.41, 5.74) is 4.07. The SMILES string of the molecule is Cc1c(C=O)c(C)n(C)c1-c1nnc(-c2ccccc2)o1. The van der Waals surface area contributed by atoms with Gasteiger partial charge in [0.25, 0.3) is 5.89 Å². The lowest BCUT2D eigenvalue weighted by atomic mass is 10.1. The molecule has 0 aliphatic rings. The van der Waals surface area contributed by atoms with Gasteiger partial charge in [-0.25, -0.2) is 0 Å². The number of aromatic nitrogens is 3. The molecule has 2 aromatic heterocycles. The van der Waals surface area contributed by atoms with E-state index in [4.69, 9.17) is 4.42 Å². The van der Waals surface area contributed by atoms with Crippen LogP contribution >= 0.6 is 0 Å². The molecule has 21 heavy (non-hydrogen) atoms. The monoisotopic (exact) mass is 281 g/mol. The zero-order chi connectivity index (χ0) is 15.0. The molecule has 5 heteroatoms. The number of carbonyl (C=O) groups is 1. The summed E-state index contributed by atoms with van der Waals surface area (Å²) in [4.78, 5) is 11.2. The Hall–Kier alpha value is -2.69. The molecular weight excluding hydrogens is 266 g/mol. The van der Waals surface area contributed by atoms with E-state index in [1.807, 2.05) is 55.8 Å².